The summed E-state index contributed by atoms with van der Waals surface area (Å²) in [6.45, 7) is 4.38. The Bertz CT molecular complexity index is 758. The van der Waals surface area contributed by atoms with E-state index in [1.54, 1.807) is 0 Å². The Kier molecular flexibility index (Phi) is 4.93. The van der Waals surface area contributed by atoms with Gasteiger partial charge in [0.1, 0.15) is 5.75 Å². The van der Waals surface area contributed by atoms with Crippen LogP contribution in [0.25, 0.3) is 0 Å². The standard InChI is InChI=1S/C20H23NO4/c1-4-25-14-10-8-13(9-11-14)18-17(20(23)24-3)12(2)21-15-6-5-7-16(22)19(15)18/h8-11,18,21H,4-7H2,1-3H3/t18-/m1/s1. The molecule has 25 heavy (non-hydrogen) atoms. The van der Waals surface area contributed by atoms with E-state index < -0.39 is 11.9 Å². The van der Waals surface area contributed by atoms with Gasteiger partial charge in [-0.3, -0.25) is 4.79 Å². The second-order valence-corrected chi connectivity index (χ2v) is 6.26. The number of hydrogen-bond acceptors (Lipinski definition) is 5. The van der Waals surface area contributed by atoms with E-state index in [0.717, 1.165) is 35.5 Å². The summed E-state index contributed by atoms with van der Waals surface area (Å²) >= 11 is 0. The maximum atomic E-state index is 12.6. The van der Waals surface area contributed by atoms with Gasteiger partial charge in [0.15, 0.2) is 5.78 Å². The van der Waals surface area contributed by atoms with Crippen LogP contribution in [0.3, 0.4) is 0 Å². The van der Waals surface area contributed by atoms with Crippen molar-refractivity contribution in [2.24, 2.45) is 0 Å². The minimum absolute atomic E-state index is 0.0986. The highest BCUT2D eigenvalue weighted by atomic mass is 16.5. The lowest BCUT2D eigenvalue weighted by atomic mass is 9.75. The van der Waals surface area contributed by atoms with Gasteiger partial charge >= 0.3 is 5.97 Å². The molecule has 0 spiro atoms. The molecule has 1 N–H and O–H groups in total. The predicted octanol–water partition coefficient (Wildman–Crippen LogP) is 3.23. The lowest BCUT2D eigenvalue weighted by Crippen LogP contribution is -2.34. The molecule has 0 saturated carbocycles. The zero-order valence-electron chi connectivity index (χ0n) is 14.8. The molecule has 1 aliphatic heterocycles. The average molecular weight is 341 g/mol. The van der Waals surface area contributed by atoms with Crippen LogP contribution in [0.15, 0.2) is 46.8 Å². The summed E-state index contributed by atoms with van der Waals surface area (Å²) in [5, 5.41) is 3.26. The molecule has 3 rings (SSSR count). The fourth-order valence-electron chi connectivity index (χ4n) is 3.62. The number of carbonyl (C=O) groups is 2. The van der Waals surface area contributed by atoms with E-state index >= 15 is 0 Å². The van der Waals surface area contributed by atoms with Crippen molar-refractivity contribution in [2.75, 3.05) is 13.7 Å². The first-order valence-electron chi connectivity index (χ1n) is 8.62. The van der Waals surface area contributed by atoms with Crippen LogP contribution in [-0.2, 0) is 14.3 Å². The van der Waals surface area contributed by atoms with Crippen molar-refractivity contribution in [2.45, 2.75) is 39.0 Å². The molecule has 1 aliphatic carbocycles. The molecule has 1 atom stereocenters. The van der Waals surface area contributed by atoms with Gasteiger partial charge in [0, 0.05) is 29.3 Å². The van der Waals surface area contributed by atoms with Crippen LogP contribution in [0.1, 0.15) is 44.6 Å². The lowest BCUT2D eigenvalue weighted by molar-refractivity contribution is -0.136. The third-order valence-electron chi connectivity index (χ3n) is 4.71. The van der Waals surface area contributed by atoms with Gasteiger partial charge in [0.25, 0.3) is 0 Å². The first-order valence-corrected chi connectivity index (χ1v) is 8.62. The van der Waals surface area contributed by atoms with Gasteiger partial charge < -0.3 is 14.8 Å². The van der Waals surface area contributed by atoms with E-state index in [0.29, 0.717) is 24.2 Å². The van der Waals surface area contributed by atoms with Crippen LogP contribution in [0.2, 0.25) is 0 Å². The number of benzene rings is 1. The van der Waals surface area contributed by atoms with E-state index in [-0.39, 0.29) is 5.78 Å². The predicted molar refractivity (Wildman–Crippen MR) is 94.1 cm³/mol. The van der Waals surface area contributed by atoms with E-state index in [4.69, 9.17) is 9.47 Å². The monoisotopic (exact) mass is 341 g/mol. The lowest BCUT2D eigenvalue weighted by Gasteiger charge is -2.34. The molecule has 1 aromatic rings. The molecule has 5 heteroatoms. The fourth-order valence-corrected chi connectivity index (χ4v) is 3.62. The van der Waals surface area contributed by atoms with E-state index in [1.807, 2.05) is 38.1 Å². The van der Waals surface area contributed by atoms with E-state index in [9.17, 15) is 9.59 Å². The number of methoxy groups -OCH3 is 1. The SMILES string of the molecule is CCOc1ccc([C@@H]2C(C(=O)OC)=C(C)NC3=C2C(=O)CCC3)cc1. The quantitative estimate of drug-likeness (QED) is 0.852. The molecule has 0 unspecified atom stereocenters. The Labute approximate surface area is 147 Å². The molecule has 0 radical (unpaired) electrons. The van der Waals surface area contributed by atoms with Crippen molar-refractivity contribution in [3.63, 3.8) is 0 Å². The number of allylic oxidation sites excluding steroid dienone is 3. The molecule has 0 bridgehead atoms. The minimum atomic E-state index is -0.409. The van der Waals surface area contributed by atoms with Crippen molar-refractivity contribution < 1.29 is 19.1 Å². The number of hydrogen-bond donors (Lipinski definition) is 1. The summed E-state index contributed by atoms with van der Waals surface area (Å²) in [6.07, 6.45) is 2.17. The number of dihydropyridines is 1. The number of Topliss-reactive ketones (excluding diaryl/α,β-unsaturated/α-hetero) is 1. The van der Waals surface area contributed by atoms with Crippen LogP contribution in [-0.4, -0.2) is 25.5 Å². The van der Waals surface area contributed by atoms with Gasteiger partial charge in [-0.2, -0.15) is 0 Å². The van der Waals surface area contributed by atoms with Gasteiger partial charge in [-0.25, -0.2) is 4.79 Å². The summed E-state index contributed by atoms with van der Waals surface area (Å²) in [4.78, 5) is 25.1. The largest absolute Gasteiger partial charge is 0.494 e. The smallest absolute Gasteiger partial charge is 0.336 e. The van der Waals surface area contributed by atoms with Crippen LogP contribution >= 0.6 is 0 Å². The summed E-state index contributed by atoms with van der Waals surface area (Å²) in [5.74, 6) is 0.0622. The van der Waals surface area contributed by atoms with Gasteiger partial charge in [-0.1, -0.05) is 12.1 Å². The highest BCUT2D eigenvalue weighted by molar-refractivity contribution is 6.03. The molecule has 0 aromatic heterocycles. The molecule has 1 heterocycles. The number of ketones is 1. The summed E-state index contributed by atoms with van der Waals surface area (Å²) < 4.78 is 10.5. The number of nitrogens with one attached hydrogen (secondary N) is 1. The van der Waals surface area contributed by atoms with Gasteiger partial charge in [-0.05, 0) is 44.4 Å². The molecule has 1 aromatic carbocycles. The first-order chi connectivity index (χ1) is 12.1. The number of esters is 1. The molecular weight excluding hydrogens is 318 g/mol. The van der Waals surface area contributed by atoms with Crippen molar-refractivity contribution >= 4 is 11.8 Å². The van der Waals surface area contributed by atoms with E-state index in [1.165, 1.54) is 7.11 Å². The Morgan fingerprint density at radius 3 is 2.60 bits per heavy atom. The van der Waals surface area contributed by atoms with Crippen LogP contribution in [0.4, 0.5) is 0 Å². The topological polar surface area (TPSA) is 64.6 Å². The Balaban J connectivity index is 2.10. The molecular formula is C20H23NO4. The number of rotatable bonds is 4. The highest BCUT2D eigenvalue weighted by Crippen LogP contribution is 2.42. The Hall–Kier alpha value is -2.56. The average Bonchev–Trinajstić information content (AvgIpc) is 2.61. The molecule has 2 aliphatic rings. The Morgan fingerprint density at radius 1 is 1.24 bits per heavy atom. The zero-order valence-corrected chi connectivity index (χ0v) is 14.8. The fraction of sp³-hybridized carbons (Fsp3) is 0.400. The maximum absolute atomic E-state index is 12.6. The zero-order chi connectivity index (χ0) is 18.0. The van der Waals surface area contributed by atoms with Crippen LogP contribution in [0, 0.1) is 0 Å². The number of ether oxygens (including phenoxy) is 2. The van der Waals surface area contributed by atoms with Gasteiger partial charge in [-0.15, -0.1) is 0 Å². The van der Waals surface area contributed by atoms with E-state index in [2.05, 4.69) is 5.32 Å². The molecule has 0 amide bonds. The van der Waals surface area contributed by atoms with Crippen molar-refractivity contribution in [3.05, 3.63) is 52.4 Å². The third kappa shape index (κ3) is 3.18. The normalized spacial score (nSPS) is 20.1. The summed E-state index contributed by atoms with van der Waals surface area (Å²) in [6, 6.07) is 7.59. The first kappa shape index (κ1) is 17.3. The molecule has 0 fully saturated rings. The van der Waals surface area contributed by atoms with Crippen molar-refractivity contribution in [1.29, 1.82) is 0 Å². The summed E-state index contributed by atoms with van der Waals surface area (Å²) in [5.41, 5.74) is 3.77. The van der Waals surface area contributed by atoms with Gasteiger partial charge in [0.2, 0.25) is 0 Å². The number of carbonyl (C=O) groups excluding carboxylic acids is 2. The second kappa shape index (κ2) is 7.13. The maximum Gasteiger partial charge on any atom is 0.336 e. The van der Waals surface area contributed by atoms with Crippen molar-refractivity contribution in [3.8, 4) is 5.75 Å². The second-order valence-electron chi connectivity index (χ2n) is 6.26. The molecule has 132 valence electrons. The van der Waals surface area contributed by atoms with Crippen molar-refractivity contribution in [1.82, 2.24) is 5.32 Å². The Morgan fingerprint density at radius 2 is 1.96 bits per heavy atom. The van der Waals surface area contributed by atoms with Crippen LogP contribution < -0.4 is 10.1 Å². The minimum Gasteiger partial charge on any atom is -0.494 e. The molecule has 5 nitrogen and oxygen atoms in total. The third-order valence-corrected chi connectivity index (χ3v) is 4.71. The summed E-state index contributed by atoms with van der Waals surface area (Å²) in [7, 11) is 1.37. The highest BCUT2D eigenvalue weighted by Gasteiger charge is 2.38. The van der Waals surface area contributed by atoms with Gasteiger partial charge in [0.05, 0.1) is 19.3 Å². The molecule has 0 saturated heterocycles. The van der Waals surface area contributed by atoms with Crippen LogP contribution in [0.5, 0.6) is 5.75 Å².